The molecule has 0 bridgehead atoms. The Kier molecular flexibility index (Phi) is 6.43. The summed E-state index contributed by atoms with van der Waals surface area (Å²) in [6, 6.07) is 5.33. The van der Waals surface area contributed by atoms with Crippen LogP contribution in [-0.4, -0.2) is 42.4 Å². The highest BCUT2D eigenvalue weighted by molar-refractivity contribution is 6.00. The minimum Gasteiger partial charge on any atom is -0.462 e. The molecular formula is C15H16N4O5. The number of nitriles is 1. The minimum atomic E-state index is -0.810. The maximum atomic E-state index is 12.2. The first-order chi connectivity index (χ1) is 11.3. The van der Waals surface area contributed by atoms with Gasteiger partial charge in [0.15, 0.2) is 5.57 Å². The molecule has 0 spiro atoms. The van der Waals surface area contributed by atoms with E-state index in [4.69, 9.17) is 10.00 Å². The van der Waals surface area contributed by atoms with Crippen LogP contribution >= 0.6 is 0 Å². The predicted octanol–water partition coefficient (Wildman–Crippen LogP) is 1.68. The fourth-order valence-corrected chi connectivity index (χ4v) is 1.69. The number of nitrogens with one attached hydrogen (secondary N) is 1. The van der Waals surface area contributed by atoms with Crippen molar-refractivity contribution in [1.29, 1.82) is 5.26 Å². The van der Waals surface area contributed by atoms with Gasteiger partial charge in [-0.15, -0.1) is 0 Å². The van der Waals surface area contributed by atoms with Gasteiger partial charge in [0.05, 0.1) is 22.8 Å². The zero-order valence-corrected chi connectivity index (χ0v) is 13.4. The van der Waals surface area contributed by atoms with E-state index in [0.29, 0.717) is 0 Å². The second-order valence-electron chi connectivity index (χ2n) is 4.72. The molecule has 9 heteroatoms. The SMILES string of the molecule is CCOC(=O)/C(C#N)=C/Nc1ccc([N+](=O)[O-])cc1C(=O)N(C)C. The zero-order valence-electron chi connectivity index (χ0n) is 13.4. The van der Waals surface area contributed by atoms with Crippen molar-refractivity contribution in [1.82, 2.24) is 4.90 Å². The van der Waals surface area contributed by atoms with Crippen LogP contribution in [0.5, 0.6) is 0 Å². The highest BCUT2D eigenvalue weighted by Crippen LogP contribution is 2.23. The van der Waals surface area contributed by atoms with Crippen LogP contribution in [0.3, 0.4) is 0 Å². The lowest BCUT2D eigenvalue weighted by Gasteiger charge is -2.14. The first-order valence-electron chi connectivity index (χ1n) is 6.85. The Labute approximate surface area is 138 Å². The summed E-state index contributed by atoms with van der Waals surface area (Å²) in [5.74, 6) is -1.28. The molecule has 1 aromatic rings. The molecule has 0 radical (unpaired) electrons. The Morgan fingerprint density at radius 2 is 2.12 bits per heavy atom. The molecular weight excluding hydrogens is 316 g/mol. The number of benzene rings is 1. The topological polar surface area (TPSA) is 126 Å². The molecule has 126 valence electrons. The molecule has 0 aliphatic heterocycles. The quantitative estimate of drug-likeness (QED) is 0.276. The molecule has 9 nitrogen and oxygen atoms in total. The highest BCUT2D eigenvalue weighted by Gasteiger charge is 2.18. The molecule has 1 N–H and O–H groups in total. The molecule has 0 saturated carbocycles. The average Bonchev–Trinajstić information content (AvgIpc) is 2.54. The molecule has 0 aromatic heterocycles. The van der Waals surface area contributed by atoms with Crippen LogP contribution in [0.1, 0.15) is 17.3 Å². The second kappa shape index (κ2) is 8.28. The summed E-state index contributed by atoms with van der Waals surface area (Å²) in [4.78, 5) is 35.2. The highest BCUT2D eigenvalue weighted by atomic mass is 16.6. The Bertz CT molecular complexity index is 734. The van der Waals surface area contributed by atoms with Gasteiger partial charge in [0, 0.05) is 32.4 Å². The summed E-state index contributed by atoms with van der Waals surface area (Å²) in [5, 5.41) is 22.5. The van der Waals surface area contributed by atoms with E-state index in [1.54, 1.807) is 13.0 Å². The molecule has 0 aliphatic rings. The Balaban J connectivity index is 3.23. The summed E-state index contributed by atoms with van der Waals surface area (Å²) in [6.07, 6.45) is 1.09. The van der Waals surface area contributed by atoms with Gasteiger partial charge in [-0.2, -0.15) is 5.26 Å². The van der Waals surface area contributed by atoms with Crippen molar-refractivity contribution >= 4 is 23.3 Å². The molecule has 0 unspecified atom stereocenters. The van der Waals surface area contributed by atoms with Gasteiger partial charge in [0.1, 0.15) is 6.07 Å². The Morgan fingerprint density at radius 1 is 1.46 bits per heavy atom. The van der Waals surface area contributed by atoms with Gasteiger partial charge in [-0.1, -0.05) is 0 Å². The molecule has 0 aliphatic carbocycles. The molecule has 0 atom stereocenters. The van der Waals surface area contributed by atoms with Crippen LogP contribution in [0.25, 0.3) is 0 Å². The normalized spacial score (nSPS) is 10.5. The number of amides is 1. The molecule has 0 heterocycles. The lowest BCUT2D eigenvalue weighted by atomic mass is 10.1. The number of nitro groups is 1. The fraction of sp³-hybridized carbons (Fsp3) is 0.267. The molecule has 1 rings (SSSR count). The lowest BCUT2D eigenvalue weighted by molar-refractivity contribution is -0.384. The van der Waals surface area contributed by atoms with Gasteiger partial charge in [0.25, 0.3) is 11.6 Å². The Morgan fingerprint density at radius 3 is 2.62 bits per heavy atom. The first-order valence-corrected chi connectivity index (χ1v) is 6.85. The molecule has 0 fully saturated rings. The van der Waals surface area contributed by atoms with Crippen LogP contribution in [-0.2, 0) is 9.53 Å². The number of rotatable bonds is 6. The largest absolute Gasteiger partial charge is 0.462 e. The van der Waals surface area contributed by atoms with Crippen LogP contribution < -0.4 is 5.32 Å². The van der Waals surface area contributed by atoms with Gasteiger partial charge in [-0.25, -0.2) is 4.79 Å². The number of ether oxygens (including phenoxy) is 1. The van der Waals surface area contributed by atoms with E-state index in [9.17, 15) is 19.7 Å². The predicted molar refractivity (Wildman–Crippen MR) is 85.1 cm³/mol. The number of non-ortho nitro benzene ring substituents is 1. The van der Waals surface area contributed by atoms with Crippen molar-refractivity contribution in [3.8, 4) is 6.07 Å². The van der Waals surface area contributed by atoms with Gasteiger partial charge in [-0.3, -0.25) is 14.9 Å². The van der Waals surface area contributed by atoms with Crippen molar-refractivity contribution in [3.05, 3.63) is 45.6 Å². The number of carbonyl (C=O) groups excluding carboxylic acids is 2. The number of carbonyl (C=O) groups is 2. The van der Waals surface area contributed by atoms with Crippen LogP contribution in [0.4, 0.5) is 11.4 Å². The monoisotopic (exact) mass is 332 g/mol. The summed E-state index contributed by atoms with van der Waals surface area (Å²) < 4.78 is 4.72. The number of hydrogen-bond acceptors (Lipinski definition) is 7. The first kappa shape index (κ1) is 18.6. The standard InChI is InChI=1S/C15H16N4O5/c1-4-24-15(21)10(8-16)9-17-13-6-5-11(19(22)23)7-12(13)14(20)18(2)3/h5-7,9,17H,4H2,1-3H3/b10-9+. The third-order valence-corrected chi connectivity index (χ3v) is 2.84. The van der Waals surface area contributed by atoms with Crippen LogP contribution in [0.2, 0.25) is 0 Å². The average molecular weight is 332 g/mol. The van der Waals surface area contributed by atoms with Gasteiger partial charge < -0.3 is 15.0 Å². The number of anilines is 1. The summed E-state index contributed by atoms with van der Waals surface area (Å²) in [7, 11) is 3.00. The number of hydrogen-bond donors (Lipinski definition) is 1. The summed E-state index contributed by atoms with van der Waals surface area (Å²) in [5.41, 5.74) is -0.290. The molecule has 0 saturated heterocycles. The van der Waals surface area contributed by atoms with Crippen molar-refractivity contribution < 1.29 is 19.2 Å². The summed E-state index contributed by atoms with van der Waals surface area (Å²) >= 11 is 0. The van der Waals surface area contributed by atoms with E-state index in [1.807, 2.05) is 0 Å². The van der Waals surface area contributed by atoms with E-state index >= 15 is 0 Å². The van der Waals surface area contributed by atoms with E-state index in [1.165, 1.54) is 31.1 Å². The third-order valence-electron chi connectivity index (χ3n) is 2.84. The number of nitrogens with zero attached hydrogens (tertiary/aromatic N) is 3. The molecule has 24 heavy (non-hydrogen) atoms. The fourth-order valence-electron chi connectivity index (χ4n) is 1.69. The molecule has 1 aromatic carbocycles. The minimum absolute atomic E-state index is 0.0339. The smallest absolute Gasteiger partial charge is 0.350 e. The van der Waals surface area contributed by atoms with Crippen molar-refractivity contribution in [2.24, 2.45) is 0 Å². The van der Waals surface area contributed by atoms with Crippen molar-refractivity contribution in [2.45, 2.75) is 6.92 Å². The van der Waals surface area contributed by atoms with Crippen molar-refractivity contribution in [2.75, 3.05) is 26.0 Å². The third kappa shape index (κ3) is 4.54. The lowest BCUT2D eigenvalue weighted by Crippen LogP contribution is -2.22. The molecule has 1 amide bonds. The Hall–Kier alpha value is -3.41. The van der Waals surface area contributed by atoms with Crippen molar-refractivity contribution in [3.63, 3.8) is 0 Å². The second-order valence-corrected chi connectivity index (χ2v) is 4.72. The van der Waals surface area contributed by atoms with E-state index in [0.717, 1.165) is 12.3 Å². The van der Waals surface area contributed by atoms with Gasteiger partial charge in [-0.05, 0) is 13.0 Å². The van der Waals surface area contributed by atoms with E-state index in [-0.39, 0.29) is 29.1 Å². The number of nitro benzene ring substituents is 1. The maximum absolute atomic E-state index is 12.2. The van der Waals surface area contributed by atoms with Gasteiger partial charge in [0.2, 0.25) is 0 Å². The van der Waals surface area contributed by atoms with Crippen LogP contribution in [0, 0.1) is 21.4 Å². The van der Waals surface area contributed by atoms with E-state index in [2.05, 4.69) is 5.32 Å². The zero-order chi connectivity index (χ0) is 18.3. The maximum Gasteiger partial charge on any atom is 0.350 e. The van der Waals surface area contributed by atoms with Gasteiger partial charge >= 0.3 is 5.97 Å². The number of esters is 1. The van der Waals surface area contributed by atoms with E-state index < -0.39 is 16.8 Å². The van der Waals surface area contributed by atoms with Crippen LogP contribution in [0.15, 0.2) is 30.0 Å². The summed E-state index contributed by atoms with van der Waals surface area (Å²) in [6.45, 7) is 1.71.